The van der Waals surface area contributed by atoms with Crippen molar-refractivity contribution >= 4 is 49.2 Å². The minimum absolute atomic E-state index is 0.281. The van der Waals surface area contributed by atoms with Gasteiger partial charge in [-0.15, -0.1) is 6.58 Å². The Morgan fingerprint density at radius 3 is 2.58 bits per heavy atom. The summed E-state index contributed by atoms with van der Waals surface area (Å²) in [7, 11) is -2.67. The first-order valence-electron chi connectivity index (χ1n) is 10.5. The molecule has 2 aromatic rings. The van der Waals surface area contributed by atoms with Gasteiger partial charge in [0.05, 0.1) is 22.9 Å². The van der Waals surface area contributed by atoms with Crippen LogP contribution in [0.5, 0.6) is 0 Å². The molecular formula is C22H27N3O6S2. The highest BCUT2D eigenvalue weighted by Gasteiger charge is 2.26. The number of methoxy groups -OCH3 is 1. The highest BCUT2D eigenvalue weighted by atomic mass is 32.2. The number of amides is 2. The highest BCUT2D eigenvalue weighted by molar-refractivity contribution is 7.92. The SMILES string of the molecule is C=CCn1c(=NC(=O)CS(=O)(=O)CC(=O)N2CCC(C)CC2)sc2cc(C(=O)OC)ccc21. The van der Waals surface area contributed by atoms with Crippen LogP contribution in [0.1, 0.15) is 30.1 Å². The fraction of sp³-hybridized carbons (Fsp3) is 0.455. The Morgan fingerprint density at radius 2 is 1.94 bits per heavy atom. The predicted octanol–water partition coefficient (Wildman–Crippen LogP) is 1.78. The second kappa shape index (κ2) is 10.4. The summed E-state index contributed by atoms with van der Waals surface area (Å²) >= 11 is 1.15. The second-order valence-electron chi connectivity index (χ2n) is 8.06. The molecule has 0 spiro atoms. The molecule has 1 saturated heterocycles. The number of allylic oxidation sites excluding steroid dienone is 1. The van der Waals surface area contributed by atoms with Crippen molar-refractivity contribution in [2.45, 2.75) is 26.3 Å². The van der Waals surface area contributed by atoms with Crippen molar-refractivity contribution in [3.63, 3.8) is 0 Å². The van der Waals surface area contributed by atoms with Gasteiger partial charge in [0.1, 0.15) is 11.5 Å². The summed E-state index contributed by atoms with van der Waals surface area (Å²) in [5, 5.41) is 0. The number of fused-ring (bicyclic) bond motifs is 1. The maximum absolute atomic E-state index is 12.5. The maximum atomic E-state index is 12.5. The average Bonchev–Trinajstić information content (AvgIpc) is 3.09. The Morgan fingerprint density at radius 1 is 1.24 bits per heavy atom. The van der Waals surface area contributed by atoms with Crippen LogP contribution in [0.15, 0.2) is 35.8 Å². The van der Waals surface area contributed by atoms with E-state index in [1.54, 1.807) is 33.7 Å². The zero-order chi connectivity index (χ0) is 24.2. The first kappa shape index (κ1) is 24.8. The second-order valence-corrected chi connectivity index (χ2v) is 11.1. The molecule has 1 aromatic heterocycles. The van der Waals surface area contributed by atoms with Crippen molar-refractivity contribution in [1.29, 1.82) is 0 Å². The van der Waals surface area contributed by atoms with Crippen LogP contribution in [0.25, 0.3) is 10.2 Å². The molecule has 1 aromatic carbocycles. The standard InChI is InChI=1S/C22H27N3O6S2/c1-4-9-25-17-6-5-16(21(28)31-3)12-18(17)32-22(25)23-19(26)13-33(29,30)14-20(27)24-10-7-15(2)8-11-24/h4-6,12,15H,1,7-11,13-14H2,2-3H3. The molecule has 0 saturated carbocycles. The van der Waals surface area contributed by atoms with E-state index in [0.717, 1.165) is 29.7 Å². The minimum atomic E-state index is -3.96. The third-order valence-corrected chi connectivity index (χ3v) is 7.87. The van der Waals surface area contributed by atoms with Crippen molar-refractivity contribution in [3.05, 3.63) is 41.2 Å². The number of hydrogen-bond donors (Lipinski definition) is 0. The largest absolute Gasteiger partial charge is 0.465 e. The number of carbonyl (C=O) groups is 3. The lowest BCUT2D eigenvalue weighted by atomic mass is 9.99. The van der Waals surface area contributed by atoms with Crippen molar-refractivity contribution in [3.8, 4) is 0 Å². The van der Waals surface area contributed by atoms with Crippen LogP contribution in [-0.2, 0) is 30.7 Å². The van der Waals surface area contributed by atoms with Gasteiger partial charge in [0.25, 0.3) is 5.91 Å². The monoisotopic (exact) mass is 493 g/mol. The van der Waals surface area contributed by atoms with E-state index in [9.17, 15) is 22.8 Å². The molecule has 178 valence electrons. The van der Waals surface area contributed by atoms with Crippen LogP contribution in [0, 0.1) is 5.92 Å². The molecule has 3 rings (SSSR count). The van der Waals surface area contributed by atoms with E-state index in [0.29, 0.717) is 35.8 Å². The lowest BCUT2D eigenvalue weighted by molar-refractivity contribution is -0.129. The molecule has 33 heavy (non-hydrogen) atoms. The molecular weight excluding hydrogens is 466 g/mol. The summed E-state index contributed by atoms with van der Waals surface area (Å²) in [5.74, 6) is -2.86. The number of benzene rings is 1. The number of piperidine rings is 1. The van der Waals surface area contributed by atoms with Crippen LogP contribution in [0.2, 0.25) is 0 Å². The zero-order valence-electron chi connectivity index (χ0n) is 18.7. The summed E-state index contributed by atoms with van der Waals surface area (Å²) in [4.78, 5) is 42.5. The van der Waals surface area contributed by atoms with Gasteiger partial charge in [-0.25, -0.2) is 13.2 Å². The first-order valence-corrected chi connectivity index (χ1v) is 13.2. The van der Waals surface area contributed by atoms with Gasteiger partial charge in [-0.2, -0.15) is 4.99 Å². The summed E-state index contributed by atoms with van der Waals surface area (Å²) in [5.41, 5.74) is 1.07. The van der Waals surface area contributed by atoms with Crippen LogP contribution < -0.4 is 4.80 Å². The minimum Gasteiger partial charge on any atom is -0.465 e. The van der Waals surface area contributed by atoms with Gasteiger partial charge < -0.3 is 14.2 Å². The van der Waals surface area contributed by atoms with E-state index >= 15 is 0 Å². The molecule has 1 aliphatic rings. The number of likely N-dealkylation sites (tertiary alicyclic amines) is 1. The van der Waals surface area contributed by atoms with E-state index in [2.05, 4.69) is 18.5 Å². The lowest BCUT2D eigenvalue weighted by Gasteiger charge is -2.30. The smallest absolute Gasteiger partial charge is 0.337 e. The quantitative estimate of drug-likeness (QED) is 0.429. The van der Waals surface area contributed by atoms with E-state index in [-0.39, 0.29) is 4.80 Å². The number of esters is 1. The molecule has 0 unspecified atom stereocenters. The van der Waals surface area contributed by atoms with Gasteiger partial charge in [0.15, 0.2) is 14.6 Å². The molecule has 1 aliphatic heterocycles. The van der Waals surface area contributed by atoms with E-state index in [1.807, 2.05) is 0 Å². The Hall–Kier alpha value is -2.79. The Kier molecular flexibility index (Phi) is 7.85. The number of hydrogen-bond acceptors (Lipinski definition) is 7. The fourth-order valence-electron chi connectivity index (χ4n) is 3.62. The van der Waals surface area contributed by atoms with Gasteiger partial charge in [0, 0.05) is 19.6 Å². The van der Waals surface area contributed by atoms with Gasteiger partial charge in [-0.1, -0.05) is 24.3 Å². The van der Waals surface area contributed by atoms with Crippen LogP contribution >= 0.6 is 11.3 Å². The van der Waals surface area contributed by atoms with Crippen LogP contribution in [0.3, 0.4) is 0 Å². The number of sulfone groups is 1. The molecule has 0 radical (unpaired) electrons. The number of nitrogens with zero attached hydrogens (tertiary/aromatic N) is 3. The summed E-state index contributed by atoms with van der Waals surface area (Å²) in [6.07, 6.45) is 3.30. The Labute approximate surface area is 196 Å². The molecule has 0 atom stereocenters. The van der Waals surface area contributed by atoms with Crippen molar-refractivity contribution in [2.75, 3.05) is 31.7 Å². The first-order chi connectivity index (χ1) is 15.6. The van der Waals surface area contributed by atoms with Crippen molar-refractivity contribution in [2.24, 2.45) is 10.9 Å². The third-order valence-electron chi connectivity index (χ3n) is 5.46. The van der Waals surface area contributed by atoms with Gasteiger partial charge >= 0.3 is 5.97 Å². The molecule has 0 bridgehead atoms. The maximum Gasteiger partial charge on any atom is 0.337 e. The normalized spacial score (nSPS) is 15.6. The summed E-state index contributed by atoms with van der Waals surface area (Å²) in [6.45, 7) is 7.21. The fourth-order valence-corrected chi connectivity index (χ4v) is 5.82. The molecule has 1 fully saturated rings. The van der Waals surface area contributed by atoms with E-state index < -0.39 is 39.1 Å². The number of carbonyl (C=O) groups excluding carboxylic acids is 3. The molecule has 0 aliphatic carbocycles. The van der Waals surface area contributed by atoms with Gasteiger partial charge in [0.2, 0.25) is 5.91 Å². The number of aromatic nitrogens is 1. The molecule has 11 heteroatoms. The average molecular weight is 494 g/mol. The lowest BCUT2D eigenvalue weighted by Crippen LogP contribution is -2.41. The molecule has 2 heterocycles. The van der Waals surface area contributed by atoms with Gasteiger partial charge in [-0.3, -0.25) is 9.59 Å². The molecule has 9 nitrogen and oxygen atoms in total. The van der Waals surface area contributed by atoms with E-state index in [4.69, 9.17) is 4.74 Å². The number of ether oxygens (including phenoxy) is 1. The summed E-state index contributed by atoms with van der Waals surface area (Å²) in [6, 6.07) is 4.94. The Bertz CT molecular complexity index is 1250. The number of thiazole rings is 1. The predicted molar refractivity (Wildman–Crippen MR) is 126 cm³/mol. The molecule has 2 amide bonds. The third kappa shape index (κ3) is 6.17. The number of rotatable bonds is 7. The zero-order valence-corrected chi connectivity index (χ0v) is 20.3. The van der Waals surface area contributed by atoms with Crippen molar-refractivity contribution in [1.82, 2.24) is 9.47 Å². The van der Waals surface area contributed by atoms with Crippen molar-refractivity contribution < 1.29 is 27.5 Å². The Balaban J connectivity index is 1.81. The van der Waals surface area contributed by atoms with Gasteiger partial charge in [-0.05, 0) is 37.0 Å². The highest BCUT2D eigenvalue weighted by Crippen LogP contribution is 2.20. The summed E-state index contributed by atoms with van der Waals surface area (Å²) < 4.78 is 32.1. The van der Waals surface area contributed by atoms with Crippen LogP contribution in [0.4, 0.5) is 0 Å². The topological polar surface area (TPSA) is 115 Å². The van der Waals surface area contributed by atoms with Crippen LogP contribution in [-0.4, -0.2) is 67.4 Å². The molecule has 0 N–H and O–H groups in total. The van der Waals surface area contributed by atoms with E-state index in [1.165, 1.54) is 7.11 Å².